The van der Waals surface area contributed by atoms with E-state index in [-0.39, 0.29) is 30.7 Å². The van der Waals surface area contributed by atoms with E-state index in [0.717, 1.165) is 5.56 Å². The van der Waals surface area contributed by atoms with Crippen molar-refractivity contribution < 1.29 is 9.59 Å². The lowest BCUT2D eigenvalue weighted by molar-refractivity contribution is -0.130. The quantitative estimate of drug-likeness (QED) is 0.831. The van der Waals surface area contributed by atoms with E-state index in [1.54, 1.807) is 11.8 Å². The van der Waals surface area contributed by atoms with Crippen LogP contribution in [0.1, 0.15) is 32.3 Å². The molecule has 21 heavy (non-hydrogen) atoms. The summed E-state index contributed by atoms with van der Waals surface area (Å²) in [6, 6.07) is 11.5. The highest BCUT2D eigenvalue weighted by atomic mass is 16.2. The molecule has 1 atom stereocenters. The number of amides is 2. The molecule has 1 aromatic rings. The monoisotopic (exact) mass is 287 g/mol. The van der Waals surface area contributed by atoms with Gasteiger partial charge in [-0.25, -0.2) is 0 Å². The number of hydrogen-bond acceptors (Lipinski definition) is 3. The second-order valence-electron chi connectivity index (χ2n) is 5.01. The average molecular weight is 287 g/mol. The molecule has 0 aliphatic heterocycles. The van der Waals surface area contributed by atoms with Crippen molar-refractivity contribution in [2.75, 3.05) is 6.54 Å². The SMILES string of the molecule is CC(=O)N(CCC(=O)N[C@H](C)CC#N)Cc1ccccc1. The molecule has 1 aromatic carbocycles. The lowest BCUT2D eigenvalue weighted by atomic mass is 10.2. The second kappa shape index (κ2) is 8.75. The Bertz CT molecular complexity index is 508. The van der Waals surface area contributed by atoms with Gasteiger partial charge < -0.3 is 10.2 Å². The molecule has 0 fully saturated rings. The highest BCUT2D eigenvalue weighted by molar-refractivity contribution is 5.78. The van der Waals surface area contributed by atoms with Crippen LogP contribution in [0.2, 0.25) is 0 Å². The highest BCUT2D eigenvalue weighted by Crippen LogP contribution is 2.05. The van der Waals surface area contributed by atoms with Gasteiger partial charge in [-0.15, -0.1) is 0 Å². The third-order valence-electron chi connectivity index (χ3n) is 3.08. The van der Waals surface area contributed by atoms with Crippen LogP contribution in [-0.4, -0.2) is 29.3 Å². The molecule has 1 N–H and O–H groups in total. The fourth-order valence-corrected chi connectivity index (χ4v) is 1.92. The van der Waals surface area contributed by atoms with Crippen LogP contribution in [0, 0.1) is 11.3 Å². The zero-order valence-electron chi connectivity index (χ0n) is 12.5. The van der Waals surface area contributed by atoms with Gasteiger partial charge in [0.2, 0.25) is 11.8 Å². The standard InChI is InChI=1S/C16H21N3O2/c1-13(8-10-17)18-16(21)9-11-19(14(2)20)12-15-6-4-3-5-7-15/h3-7,13H,8-9,11-12H2,1-2H3,(H,18,21)/t13-/m1/s1. The first-order valence-electron chi connectivity index (χ1n) is 6.98. The Morgan fingerprint density at radius 2 is 2.00 bits per heavy atom. The molecule has 5 nitrogen and oxygen atoms in total. The van der Waals surface area contributed by atoms with E-state index in [0.29, 0.717) is 13.1 Å². The number of carbonyl (C=O) groups excluding carboxylic acids is 2. The van der Waals surface area contributed by atoms with Crippen LogP contribution in [0.25, 0.3) is 0 Å². The molecular formula is C16H21N3O2. The smallest absolute Gasteiger partial charge is 0.222 e. The fraction of sp³-hybridized carbons (Fsp3) is 0.438. The van der Waals surface area contributed by atoms with Crippen molar-refractivity contribution in [1.29, 1.82) is 5.26 Å². The largest absolute Gasteiger partial charge is 0.353 e. The predicted octanol–water partition coefficient (Wildman–Crippen LogP) is 1.84. The number of nitrogens with one attached hydrogen (secondary N) is 1. The van der Waals surface area contributed by atoms with Gasteiger partial charge in [0, 0.05) is 32.5 Å². The Balaban J connectivity index is 2.47. The summed E-state index contributed by atoms with van der Waals surface area (Å²) in [5, 5.41) is 11.3. The van der Waals surface area contributed by atoms with Crippen LogP contribution in [0.3, 0.4) is 0 Å². The number of benzene rings is 1. The van der Waals surface area contributed by atoms with Crippen LogP contribution < -0.4 is 5.32 Å². The molecule has 0 heterocycles. The van der Waals surface area contributed by atoms with Gasteiger partial charge in [0.1, 0.15) is 0 Å². The maximum absolute atomic E-state index is 11.7. The number of carbonyl (C=O) groups is 2. The molecule has 0 unspecified atom stereocenters. The molecule has 0 bridgehead atoms. The number of rotatable bonds is 7. The van der Waals surface area contributed by atoms with Gasteiger partial charge >= 0.3 is 0 Å². The maximum atomic E-state index is 11.7. The lowest BCUT2D eigenvalue weighted by Gasteiger charge is -2.21. The van der Waals surface area contributed by atoms with Crippen molar-refractivity contribution in [3.63, 3.8) is 0 Å². The van der Waals surface area contributed by atoms with Crippen molar-refractivity contribution in [2.24, 2.45) is 0 Å². The Morgan fingerprint density at radius 1 is 1.33 bits per heavy atom. The third kappa shape index (κ3) is 6.57. The van der Waals surface area contributed by atoms with Gasteiger partial charge in [-0.3, -0.25) is 9.59 Å². The molecule has 1 rings (SSSR count). The summed E-state index contributed by atoms with van der Waals surface area (Å²) in [5.74, 6) is -0.200. The Hall–Kier alpha value is -2.35. The summed E-state index contributed by atoms with van der Waals surface area (Å²) in [4.78, 5) is 25.0. The van der Waals surface area contributed by atoms with E-state index < -0.39 is 0 Å². The van der Waals surface area contributed by atoms with E-state index in [1.807, 2.05) is 36.4 Å². The molecule has 0 saturated carbocycles. The zero-order valence-corrected chi connectivity index (χ0v) is 12.5. The molecule has 2 amide bonds. The molecular weight excluding hydrogens is 266 g/mol. The summed E-state index contributed by atoms with van der Waals surface area (Å²) in [7, 11) is 0. The van der Waals surface area contributed by atoms with Gasteiger partial charge in [0.15, 0.2) is 0 Å². The number of hydrogen-bond donors (Lipinski definition) is 1. The summed E-state index contributed by atoms with van der Waals surface area (Å²) >= 11 is 0. The maximum Gasteiger partial charge on any atom is 0.222 e. The van der Waals surface area contributed by atoms with Gasteiger partial charge in [-0.1, -0.05) is 30.3 Å². The summed E-state index contributed by atoms with van der Waals surface area (Å²) < 4.78 is 0. The Kier molecular flexibility index (Phi) is 6.96. The lowest BCUT2D eigenvalue weighted by Crippen LogP contribution is -2.36. The number of nitriles is 1. The highest BCUT2D eigenvalue weighted by Gasteiger charge is 2.13. The Labute approximate surface area is 125 Å². The first kappa shape index (κ1) is 16.7. The second-order valence-corrected chi connectivity index (χ2v) is 5.01. The van der Waals surface area contributed by atoms with Gasteiger partial charge in [-0.05, 0) is 12.5 Å². The zero-order chi connectivity index (χ0) is 15.7. The van der Waals surface area contributed by atoms with Crippen LogP contribution in [0.4, 0.5) is 0 Å². The van der Waals surface area contributed by atoms with Crippen molar-refractivity contribution in [1.82, 2.24) is 10.2 Å². The van der Waals surface area contributed by atoms with E-state index in [9.17, 15) is 9.59 Å². The predicted molar refractivity (Wildman–Crippen MR) is 80.0 cm³/mol. The van der Waals surface area contributed by atoms with E-state index >= 15 is 0 Å². The molecule has 112 valence electrons. The molecule has 0 spiro atoms. The van der Waals surface area contributed by atoms with Gasteiger partial charge in [0.05, 0.1) is 12.5 Å². The first-order chi connectivity index (χ1) is 10.0. The number of nitrogens with zero attached hydrogens (tertiary/aromatic N) is 2. The molecule has 0 saturated heterocycles. The van der Waals surface area contributed by atoms with Crippen LogP contribution in [-0.2, 0) is 16.1 Å². The summed E-state index contributed by atoms with van der Waals surface area (Å²) in [6.45, 7) is 4.15. The van der Waals surface area contributed by atoms with E-state index in [2.05, 4.69) is 5.32 Å². The molecule has 0 radical (unpaired) electrons. The van der Waals surface area contributed by atoms with E-state index in [1.165, 1.54) is 6.92 Å². The van der Waals surface area contributed by atoms with Crippen LogP contribution >= 0.6 is 0 Å². The van der Waals surface area contributed by atoms with E-state index in [4.69, 9.17) is 5.26 Å². The van der Waals surface area contributed by atoms with Gasteiger partial charge in [-0.2, -0.15) is 5.26 Å². The fourth-order valence-electron chi connectivity index (χ4n) is 1.92. The van der Waals surface area contributed by atoms with Gasteiger partial charge in [0.25, 0.3) is 0 Å². The molecule has 0 aromatic heterocycles. The Morgan fingerprint density at radius 3 is 2.57 bits per heavy atom. The van der Waals surface area contributed by atoms with Crippen molar-refractivity contribution in [3.8, 4) is 6.07 Å². The topological polar surface area (TPSA) is 73.2 Å². The minimum absolute atomic E-state index is 0.0586. The summed E-state index contributed by atoms with van der Waals surface area (Å²) in [6.07, 6.45) is 0.522. The molecule has 5 heteroatoms. The van der Waals surface area contributed by atoms with Crippen molar-refractivity contribution in [2.45, 2.75) is 39.3 Å². The van der Waals surface area contributed by atoms with Crippen LogP contribution in [0.5, 0.6) is 0 Å². The third-order valence-corrected chi connectivity index (χ3v) is 3.08. The minimum atomic E-state index is -0.164. The molecule has 0 aliphatic rings. The van der Waals surface area contributed by atoms with Crippen molar-refractivity contribution >= 4 is 11.8 Å². The van der Waals surface area contributed by atoms with Crippen molar-refractivity contribution in [3.05, 3.63) is 35.9 Å². The van der Waals surface area contributed by atoms with Crippen LogP contribution in [0.15, 0.2) is 30.3 Å². The molecule has 0 aliphatic carbocycles. The normalized spacial score (nSPS) is 11.3. The summed E-state index contributed by atoms with van der Waals surface area (Å²) in [5.41, 5.74) is 1.03. The minimum Gasteiger partial charge on any atom is -0.353 e. The average Bonchev–Trinajstić information content (AvgIpc) is 2.44. The first-order valence-corrected chi connectivity index (χ1v) is 6.98.